The number of aromatic amines is 1. The van der Waals surface area contributed by atoms with Crippen LogP contribution in [0.2, 0.25) is 0 Å². The van der Waals surface area contributed by atoms with E-state index in [-0.39, 0.29) is 109 Å². The van der Waals surface area contributed by atoms with E-state index in [0.29, 0.717) is 86.9 Å². The zero-order valence-corrected chi connectivity index (χ0v) is 68.2. The van der Waals surface area contributed by atoms with Crippen LogP contribution in [0.3, 0.4) is 0 Å². The molecule has 2 aromatic heterocycles. The van der Waals surface area contributed by atoms with E-state index >= 15 is 0 Å². The summed E-state index contributed by atoms with van der Waals surface area (Å²) in [4.78, 5) is 61.8. The second-order valence-electron chi connectivity index (χ2n) is 38.8. The van der Waals surface area contributed by atoms with Crippen molar-refractivity contribution in [3.8, 4) is 0 Å². The van der Waals surface area contributed by atoms with Crippen LogP contribution < -0.4 is 11.5 Å². The second-order valence-corrected chi connectivity index (χ2v) is 38.8. The third-order valence-corrected chi connectivity index (χ3v) is 32.7. The summed E-state index contributed by atoms with van der Waals surface area (Å²) in [6.45, 7) is 52.7. The Labute approximate surface area is 624 Å². The Bertz CT molecular complexity index is 3470. The molecule has 586 valence electrons. The Morgan fingerprint density at radius 3 is 1.46 bits per heavy atom. The van der Waals surface area contributed by atoms with Crippen LogP contribution in [-0.4, -0.2) is 143 Å². The van der Waals surface area contributed by atoms with Crippen molar-refractivity contribution in [3.05, 3.63) is 59.7 Å². The van der Waals surface area contributed by atoms with Crippen molar-refractivity contribution in [1.82, 2.24) is 19.5 Å². The highest BCUT2D eigenvalue weighted by molar-refractivity contribution is 5.86. The van der Waals surface area contributed by atoms with Gasteiger partial charge in [-0.05, 0) is 196 Å². The molecule has 6 saturated carbocycles. The third-order valence-electron chi connectivity index (χ3n) is 32.7. The number of fused-ring (bicyclic) bond motifs is 6. The Morgan fingerprint density at radius 2 is 1.05 bits per heavy atom. The summed E-state index contributed by atoms with van der Waals surface area (Å²) >= 11 is 0. The zero-order chi connectivity index (χ0) is 76.9. The van der Waals surface area contributed by atoms with Gasteiger partial charge in [0.25, 0.3) is 0 Å². The Hall–Kier alpha value is -4.50. The lowest BCUT2D eigenvalue weighted by Gasteiger charge is -2.71. The number of nitrogens with two attached hydrogens (primary N) is 2. The van der Waals surface area contributed by atoms with Gasteiger partial charge in [-0.25, -0.2) is 19.6 Å². The molecule has 8 fully saturated rings. The second kappa shape index (κ2) is 29.4. The lowest BCUT2D eigenvalue weighted by molar-refractivity contribution is -0.269. The number of rotatable bonds is 20. The topological polar surface area (TPSA) is 272 Å². The molecule has 0 radical (unpaired) electrons. The number of imidazole rings is 2. The molecule has 2 saturated heterocycles. The summed E-state index contributed by atoms with van der Waals surface area (Å²) in [6.07, 6.45) is 22.7. The molecule has 0 spiro atoms. The normalized spacial score (nSPS) is 41.5. The Balaban J connectivity index is 0.000000199. The summed E-state index contributed by atoms with van der Waals surface area (Å²) in [5.41, 5.74) is 13.1. The highest BCUT2D eigenvalue weighted by Gasteiger charge is 2.75. The highest BCUT2D eigenvalue weighted by Crippen LogP contribution is 2.78. The maximum Gasteiger partial charge on any atom is 0.374 e. The standard InChI is InChI=1S/C42H67N3O6.C37H63NO5.C6H8N2O2/c1-12-50-36(48)34-44-19-20-45(34)30-21-42-24-49-22-38(8,33(30)51-23-41(11,43)26(4)5)31(42)14-13-28-29(42)15-16-40(10)32(35(46)47)37(7,27(6)25(2)3)17-18-39(28,40)9;1-22(2)24(5)32(6)16-17-34(8)25-12-13-28-33(7)19-42-21-37(28,26(25)14-15-35(34,9)29(32)31(39)40)18-27(41-11)30(33)43-20-36(10,38)23(3)4;1-2-10-6(9)5-7-3-4-8-5/h15,19-20,25-28,30-33H,12-14,16-18,21-24,43H2,1-11H3,(H,46,47);14,22-25,27-30H,12-13,15-21,38H2,1-11H3,(H,39,40);3-4H,2H2,1H3,(H,7,8)/t27-,28+,30-,31+,32-,33+,37-,38-,39-,40+,41+,42+;24-,25+,27-,28+,29-,30+,32-,33-,34-,35+,36+,37+;/m11./s1. The molecule has 7 N–H and O–H groups in total. The fourth-order valence-corrected chi connectivity index (χ4v) is 24.6. The van der Waals surface area contributed by atoms with Crippen molar-refractivity contribution in [2.75, 3.05) is 60.0 Å². The first-order valence-corrected chi connectivity index (χ1v) is 40.2. The molecular weight excluding hydrogens is 1310 g/mol. The van der Waals surface area contributed by atoms with Gasteiger partial charge < -0.3 is 64.4 Å². The molecule has 0 amide bonds. The van der Waals surface area contributed by atoms with E-state index in [9.17, 15) is 29.4 Å². The number of hydrogen-bond acceptors (Lipinski definition) is 15. The molecule has 0 aromatic carbocycles. The average molecular weight is 1450 g/mol. The number of allylic oxidation sites excluding steroid dienone is 2. The van der Waals surface area contributed by atoms with Gasteiger partial charge in [-0.1, -0.05) is 148 Å². The first-order valence-electron chi connectivity index (χ1n) is 40.2. The number of hydrogen-bond donors (Lipinski definition) is 5. The first kappa shape index (κ1) is 82.0. The minimum atomic E-state index is -0.645. The summed E-state index contributed by atoms with van der Waals surface area (Å²) in [7, 11) is 1.84. The van der Waals surface area contributed by atoms with Gasteiger partial charge in [0.1, 0.15) is 0 Å². The van der Waals surface area contributed by atoms with Crippen LogP contribution in [0.15, 0.2) is 48.1 Å². The van der Waals surface area contributed by atoms with Crippen molar-refractivity contribution < 1.29 is 62.5 Å². The third kappa shape index (κ3) is 13.0. The number of carboxylic acids is 2. The molecule has 19 nitrogen and oxygen atoms in total. The number of carbonyl (C=O) groups is 4. The maximum absolute atomic E-state index is 13.5. The number of carboxylic acid groups (broad SMARTS) is 2. The van der Waals surface area contributed by atoms with E-state index in [1.807, 2.05) is 24.8 Å². The van der Waals surface area contributed by atoms with Crippen molar-refractivity contribution in [1.29, 1.82) is 0 Å². The highest BCUT2D eigenvalue weighted by atomic mass is 16.5. The Kier molecular flexibility index (Phi) is 23.2. The molecule has 24 atom stereocenters. The minimum absolute atomic E-state index is 0.0396. The zero-order valence-electron chi connectivity index (χ0n) is 68.2. The molecule has 10 aliphatic rings. The summed E-state index contributed by atoms with van der Waals surface area (Å²) in [5.74, 6) is 0.990. The Morgan fingerprint density at radius 1 is 0.606 bits per heavy atom. The number of H-pyrrole nitrogens is 1. The molecule has 12 rings (SSSR count). The van der Waals surface area contributed by atoms with Gasteiger partial charge in [-0.3, -0.25) is 9.59 Å². The van der Waals surface area contributed by atoms with E-state index in [1.165, 1.54) is 11.8 Å². The van der Waals surface area contributed by atoms with Crippen LogP contribution >= 0.6 is 0 Å². The number of methoxy groups -OCH3 is 1. The molecule has 19 heteroatoms. The van der Waals surface area contributed by atoms with Gasteiger partial charge >= 0.3 is 23.9 Å². The van der Waals surface area contributed by atoms with E-state index in [4.69, 9.17) is 39.9 Å². The molecule has 4 heterocycles. The van der Waals surface area contributed by atoms with Gasteiger partial charge in [0.05, 0.1) is 89.0 Å². The molecule has 4 bridgehead atoms. The molecule has 8 aliphatic carbocycles. The van der Waals surface area contributed by atoms with Crippen LogP contribution in [0.4, 0.5) is 0 Å². The van der Waals surface area contributed by atoms with Gasteiger partial charge in [0.15, 0.2) is 0 Å². The van der Waals surface area contributed by atoms with Crippen molar-refractivity contribution in [2.45, 2.75) is 265 Å². The smallest absolute Gasteiger partial charge is 0.374 e. The minimum Gasteiger partial charge on any atom is -0.481 e. The summed E-state index contributed by atoms with van der Waals surface area (Å²) < 4.78 is 45.6. The number of aliphatic carboxylic acids is 2. The SMILES string of the molecule is CCOC(=O)c1ncc[nH]1.CCOC(=O)c1nccn1[C@@H]1C[C@@]23COC[C@](C)([C@@H]2CC[C@H]2C3=CC[C@@]3(C)[C@H](C(=O)O)[C@@](C)([C@H](C)C(C)C)CC[C@]23C)[C@H]1OC[C@](C)(N)C(C)C.CO[C@@H]1C[C@@]23COC[C@](C)([C@@H]2CC[C@H]2C3=CC[C@@]3(C)[C@H](C(=O)O)[C@@](C)([C@H](C)C(C)C)CC[C@]23C)[C@H]1OC[C@](C)(N)C(C)C. The number of carbonyl (C=O) groups excluding carboxylic acids is 2. The van der Waals surface area contributed by atoms with E-state index < -0.39 is 46.3 Å². The molecule has 2 aliphatic heterocycles. The van der Waals surface area contributed by atoms with E-state index in [2.05, 4.69) is 170 Å². The van der Waals surface area contributed by atoms with Crippen LogP contribution in [0, 0.1) is 125 Å². The number of ether oxygens (including phenoxy) is 7. The van der Waals surface area contributed by atoms with Crippen LogP contribution in [0.5, 0.6) is 0 Å². The monoisotopic (exact) mass is 1450 g/mol. The fourth-order valence-electron chi connectivity index (χ4n) is 24.6. The molecule has 104 heavy (non-hydrogen) atoms. The fraction of sp³-hybridized carbons (Fsp3) is 0.835. The maximum atomic E-state index is 13.5. The number of esters is 2. The van der Waals surface area contributed by atoms with Crippen molar-refractivity contribution in [3.63, 3.8) is 0 Å². The molecular formula is C85H138N6O13. The van der Waals surface area contributed by atoms with Crippen LogP contribution in [-0.2, 0) is 42.7 Å². The summed E-state index contributed by atoms with van der Waals surface area (Å²) in [5, 5.41) is 22.0. The predicted molar refractivity (Wildman–Crippen MR) is 404 cm³/mol. The van der Waals surface area contributed by atoms with E-state index in [0.717, 1.165) is 83.7 Å². The number of nitrogens with zero attached hydrogens (tertiary/aromatic N) is 3. The van der Waals surface area contributed by atoms with Crippen molar-refractivity contribution in [2.24, 2.45) is 137 Å². The van der Waals surface area contributed by atoms with Crippen LogP contribution in [0.1, 0.15) is 257 Å². The molecule has 2 aromatic rings. The van der Waals surface area contributed by atoms with Crippen LogP contribution in [0.25, 0.3) is 0 Å². The quantitative estimate of drug-likeness (QED) is 0.0609. The van der Waals surface area contributed by atoms with Gasteiger partial charge in [0, 0.05) is 64.6 Å². The van der Waals surface area contributed by atoms with Crippen molar-refractivity contribution >= 4 is 23.9 Å². The average Bonchev–Trinajstić information content (AvgIpc) is 0.688. The van der Waals surface area contributed by atoms with Gasteiger partial charge in [-0.15, -0.1) is 0 Å². The lowest BCUT2D eigenvalue weighted by Crippen LogP contribution is -2.70. The van der Waals surface area contributed by atoms with Gasteiger partial charge in [0.2, 0.25) is 11.6 Å². The lowest BCUT2D eigenvalue weighted by atomic mass is 9.34. The number of aromatic nitrogens is 4. The van der Waals surface area contributed by atoms with E-state index in [1.54, 1.807) is 24.9 Å². The summed E-state index contributed by atoms with van der Waals surface area (Å²) in [6, 6.07) is -0.200. The van der Waals surface area contributed by atoms with Gasteiger partial charge in [-0.2, -0.15) is 0 Å². The molecule has 0 unspecified atom stereocenters. The first-order chi connectivity index (χ1) is 48.4. The predicted octanol–water partition coefficient (Wildman–Crippen LogP) is 15.9. The number of nitrogens with one attached hydrogen (secondary N) is 1. The largest absolute Gasteiger partial charge is 0.481 e.